The number of rotatable bonds is 6. The van der Waals surface area contributed by atoms with Gasteiger partial charge in [-0.25, -0.2) is 23.2 Å². The van der Waals surface area contributed by atoms with Gasteiger partial charge in [-0.15, -0.1) is 22.7 Å². The Bertz CT molecular complexity index is 2610. The number of ketones is 2. The maximum absolute atomic E-state index is 14.6. The Labute approximate surface area is 311 Å². The number of aryl methyl sites for hydroxylation is 1. The van der Waals surface area contributed by atoms with Crippen LogP contribution >= 0.6 is 22.7 Å². The van der Waals surface area contributed by atoms with E-state index < -0.39 is 34.6 Å². The Kier molecular flexibility index (Phi) is 8.92. The predicted molar refractivity (Wildman–Crippen MR) is 196 cm³/mol. The topological polar surface area (TPSA) is 172 Å². The van der Waals surface area contributed by atoms with Gasteiger partial charge in [0.1, 0.15) is 74.2 Å². The summed E-state index contributed by atoms with van der Waals surface area (Å²) < 4.78 is 56.4. The first-order valence-corrected chi connectivity index (χ1v) is 17.6. The van der Waals surface area contributed by atoms with Crippen LogP contribution in [-0.4, -0.2) is 36.2 Å². The monoisotopic (exact) mass is 756 g/mol. The average Bonchev–Trinajstić information content (AvgIpc) is 3.89. The Balaban J connectivity index is 1.44. The lowest BCUT2D eigenvalue weighted by Gasteiger charge is -2.11. The molecule has 0 saturated heterocycles. The number of Topliss-reactive ketones (excluding diaryl/α,β-unsaturated/α-hetero) is 2. The number of ether oxygens (including phenoxy) is 2. The van der Waals surface area contributed by atoms with E-state index in [2.05, 4.69) is 9.98 Å². The Morgan fingerprint density at radius 2 is 1.02 bits per heavy atom. The summed E-state index contributed by atoms with van der Waals surface area (Å²) in [6, 6.07) is 14.3. The molecular weight excluding hydrogens is 738 g/mol. The third-order valence-electron chi connectivity index (χ3n) is 8.60. The second-order valence-corrected chi connectivity index (χ2v) is 13.7. The van der Waals surface area contributed by atoms with Gasteiger partial charge in [0.2, 0.25) is 11.6 Å². The van der Waals surface area contributed by atoms with E-state index in [1.54, 1.807) is 38.1 Å². The standard InChI is InChI=1S/C39H19F3N6O4S2/c1-4-51-36-23-10-28(47-32-30(17(12-43)13-44)19-6-16(3)25(40)8-21(19)34(32)49)53-38(23)37(52-5-2)24-11-29(54-39(24)36)48-33-31(18(14-45)15-46)20-7-26(41)27(42)9-22(20)35(33)50/h6-11H,4-5H2,1-3H3. The van der Waals surface area contributed by atoms with Gasteiger partial charge in [-0.3, -0.25) is 9.59 Å². The van der Waals surface area contributed by atoms with Crippen molar-refractivity contribution >= 4 is 87.0 Å². The van der Waals surface area contributed by atoms with Crippen LogP contribution < -0.4 is 9.47 Å². The van der Waals surface area contributed by atoms with Gasteiger partial charge in [0.15, 0.2) is 11.6 Å². The summed E-state index contributed by atoms with van der Waals surface area (Å²) in [7, 11) is 0. The molecule has 5 aromatic rings. The number of fused-ring (bicyclic) bond motifs is 4. The van der Waals surface area contributed by atoms with E-state index in [0.717, 1.165) is 34.8 Å². The summed E-state index contributed by atoms with van der Waals surface area (Å²) in [5, 5.41) is 40.5. The number of thiophene rings is 2. The van der Waals surface area contributed by atoms with Gasteiger partial charge in [-0.05, 0) is 68.3 Å². The SMILES string of the molecule is CCOc1c2cc(N=C3C(=O)c4cc(F)c(F)cc4C3=C(C#N)C#N)sc2c(OCC)c2cc(N=C3C(=O)c4cc(F)c(C)cc4C3=C(C#N)C#N)sc12. The number of halogens is 3. The molecule has 7 rings (SSSR count). The minimum absolute atomic E-state index is 0.00110. The molecular formula is C39H19F3N6O4S2. The highest BCUT2D eigenvalue weighted by Crippen LogP contribution is 2.53. The fourth-order valence-corrected chi connectivity index (χ4v) is 8.42. The molecule has 15 heteroatoms. The lowest BCUT2D eigenvalue weighted by Crippen LogP contribution is -2.07. The molecule has 0 bridgehead atoms. The molecule has 0 spiro atoms. The van der Waals surface area contributed by atoms with Crippen LogP contribution in [0.2, 0.25) is 0 Å². The van der Waals surface area contributed by atoms with E-state index in [-0.39, 0.29) is 79.2 Å². The Hall–Kier alpha value is -6.91. The number of allylic oxidation sites excluding steroid dienone is 4. The van der Waals surface area contributed by atoms with E-state index in [1.807, 2.05) is 12.1 Å². The number of hydrogen-bond acceptors (Lipinski definition) is 12. The predicted octanol–water partition coefficient (Wildman–Crippen LogP) is 9.18. The Morgan fingerprint density at radius 1 is 0.630 bits per heavy atom. The first-order chi connectivity index (χ1) is 26.0. The van der Waals surface area contributed by atoms with Crippen molar-refractivity contribution in [2.75, 3.05) is 13.2 Å². The molecule has 0 amide bonds. The molecule has 0 N–H and O–H groups in total. The Morgan fingerprint density at radius 3 is 1.43 bits per heavy atom. The molecule has 0 aliphatic heterocycles. The molecule has 2 aromatic heterocycles. The van der Waals surface area contributed by atoms with Crippen LogP contribution in [0.25, 0.3) is 31.3 Å². The molecule has 2 aliphatic rings. The van der Waals surface area contributed by atoms with Crippen molar-refractivity contribution in [1.29, 1.82) is 21.0 Å². The fraction of sp³-hybridized carbons (Fsp3) is 0.128. The normalized spacial score (nSPS) is 14.6. The van der Waals surface area contributed by atoms with E-state index in [0.29, 0.717) is 37.7 Å². The zero-order valence-electron chi connectivity index (χ0n) is 28.1. The molecule has 0 saturated carbocycles. The quantitative estimate of drug-likeness (QED) is 0.154. The third-order valence-corrected chi connectivity index (χ3v) is 10.7. The van der Waals surface area contributed by atoms with Crippen molar-refractivity contribution < 1.29 is 32.2 Å². The summed E-state index contributed by atoms with van der Waals surface area (Å²) in [6.45, 7) is 5.46. The summed E-state index contributed by atoms with van der Waals surface area (Å²) in [5.74, 6) is -3.86. The highest BCUT2D eigenvalue weighted by Gasteiger charge is 2.37. The van der Waals surface area contributed by atoms with E-state index in [4.69, 9.17) is 9.47 Å². The zero-order valence-corrected chi connectivity index (χ0v) is 29.8. The van der Waals surface area contributed by atoms with Gasteiger partial charge in [0.25, 0.3) is 0 Å². The molecule has 0 fully saturated rings. The molecule has 10 nitrogen and oxygen atoms in total. The second kappa shape index (κ2) is 13.6. The second-order valence-electron chi connectivity index (χ2n) is 11.7. The van der Waals surface area contributed by atoms with Gasteiger partial charge in [-0.2, -0.15) is 21.0 Å². The minimum Gasteiger partial charge on any atom is -0.492 e. The van der Waals surface area contributed by atoms with Crippen molar-refractivity contribution in [2.24, 2.45) is 9.98 Å². The van der Waals surface area contributed by atoms with Crippen LogP contribution in [0.3, 0.4) is 0 Å². The molecule has 3 aromatic carbocycles. The van der Waals surface area contributed by atoms with Crippen LogP contribution in [0.15, 0.2) is 57.5 Å². The summed E-state index contributed by atoms with van der Waals surface area (Å²) >= 11 is 2.21. The molecule has 2 heterocycles. The molecule has 54 heavy (non-hydrogen) atoms. The van der Waals surface area contributed by atoms with Crippen molar-refractivity contribution in [3.63, 3.8) is 0 Å². The lowest BCUT2D eigenvalue weighted by molar-refractivity contribution is 0.106. The summed E-state index contributed by atoms with van der Waals surface area (Å²) in [6.07, 6.45) is 0. The van der Waals surface area contributed by atoms with Crippen molar-refractivity contribution in [3.05, 3.63) is 92.8 Å². The van der Waals surface area contributed by atoms with Gasteiger partial charge in [-0.1, -0.05) is 0 Å². The van der Waals surface area contributed by atoms with Crippen molar-refractivity contribution in [1.82, 2.24) is 0 Å². The first kappa shape index (κ1) is 35.5. The molecule has 262 valence electrons. The number of nitrogens with zero attached hydrogens (tertiary/aromatic N) is 6. The van der Waals surface area contributed by atoms with Crippen LogP contribution in [0, 0.1) is 69.7 Å². The maximum atomic E-state index is 14.6. The van der Waals surface area contributed by atoms with Crippen molar-refractivity contribution in [3.8, 4) is 35.8 Å². The van der Waals surface area contributed by atoms with Gasteiger partial charge < -0.3 is 9.47 Å². The third kappa shape index (κ3) is 5.43. The van der Waals surface area contributed by atoms with Crippen LogP contribution in [-0.2, 0) is 0 Å². The summed E-state index contributed by atoms with van der Waals surface area (Å²) in [4.78, 5) is 36.3. The number of carbonyl (C=O) groups is 2. The average molecular weight is 757 g/mol. The number of carbonyl (C=O) groups excluding carboxylic acids is 2. The highest BCUT2D eigenvalue weighted by molar-refractivity contribution is 7.25. The number of nitriles is 4. The van der Waals surface area contributed by atoms with Crippen LogP contribution in [0.5, 0.6) is 11.5 Å². The molecule has 0 radical (unpaired) electrons. The van der Waals surface area contributed by atoms with Gasteiger partial charge in [0, 0.05) is 38.6 Å². The molecule has 2 aliphatic carbocycles. The van der Waals surface area contributed by atoms with E-state index in [1.165, 1.54) is 13.0 Å². The zero-order chi connectivity index (χ0) is 38.6. The molecule has 0 atom stereocenters. The smallest absolute Gasteiger partial charge is 0.212 e. The number of aliphatic imine (C=N–C) groups is 2. The van der Waals surface area contributed by atoms with Gasteiger partial charge >= 0.3 is 0 Å². The minimum atomic E-state index is -1.28. The van der Waals surface area contributed by atoms with Crippen LogP contribution in [0.1, 0.15) is 51.3 Å². The molecule has 0 unspecified atom stereocenters. The van der Waals surface area contributed by atoms with Gasteiger partial charge in [0.05, 0.1) is 22.6 Å². The first-order valence-electron chi connectivity index (χ1n) is 15.9. The number of hydrogen-bond donors (Lipinski definition) is 0. The summed E-state index contributed by atoms with van der Waals surface area (Å²) in [5.41, 5.74) is -1.58. The highest BCUT2D eigenvalue weighted by atomic mass is 32.1. The largest absolute Gasteiger partial charge is 0.492 e. The van der Waals surface area contributed by atoms with E-state index >= 15 is 0 Å². The van der Waals surface area contributed by atoms with Crippen LogP contribution in [0.4, 0.5) is 23.2 Å². The number of benzene rings is 3. The lowest BCUT2D eigenvalue weighted by atomic mass is 10.00. The van der Waals surface area contributed by atoms with E-state index in [9.17, 15) is 43.8 Å². The fourth-order valence-electron chi connectivity index (χ4n) is 6.33. The maximum Gasteiger partial charge on any atom is 0.212 e. The van der Waals surface area contributed by atoms with Crippen molar-refractivity contribution in [2.45, 2.75) is 20.8 Å².